The molecule has 28 heavy (non-hydrogen) atoms. The fraction of sp³-hybridized carbons (Fsp3) is 0.286. The molecule has 2 N–H and O–H groups in total. The van der Waals surface area contributed by atoms with Gasteiger partial charge < -0.3 is 10.6 Å². The van der Waals surface area contributed by atoms with E-state index in [9.17, 15) is 14.4 Å². The Kier molecular flexibility index (Phi) is 4.59. The Hall–Kier alpha value is -2.86. The molecule has 0 radical (unpaired) electrons. The van der Waals surface area contributed by atoms with Gasteiger partial charge in [0.05, 0.1) is 0 Å². The summed E-state index contributed by atoms with van der Waals surface area (Å²) in [5.41, 5.74) is 2.21. The smallest absolute Gasteiger partial charge is 0.324 e. The standard InChI is InChI=1S/C21H20ClN3O3/c1-13-8-9-15(22)11-17(13)23-18(26)12-25-19(27)21(24-20(25)28)10-4-6-14-5-2-3-7-16(14)21/h2-3,5,7-9,11H,4,6,10,12H2,1H3,(H,23,26)(H,24,28). The number of aryl methyl sites for hydroxylation is 2. The Bertz CT molecular complexity index is 991. The molecule has 4 amide bonds. The molecule has 0 saturated carbocycles. The monoisotopic (exact) mass is 397 g/mol. The summed E-state index contributed by atoms with van der Waals surface area (Å²) in [4.78, 5) is 39.3. The molecule has 144 valence electrons. The first kappa shape index (κ1) is 18.5. The summed E-state index contributed by atoms with van der Waals surface area (Å²) in [6.45, 7) is 1.49. The fourth-order valence-corrected chi connectivity index (χ4v) is 4.19. The number of carbonyl (C=O) groups is 3. The van der Waals surface area contributed by atoms with Crippen LogP contribution in [0.1, 0.15) is 29.5 Å². The summed E-state index contributed by atoms with van der Waals surface area (Å²) >= 11 is 5.98. The second-order valence-corrected chi connectivity index (χ2v) is 7.68. The zero-order valence-corrected chi connectivity index (χ0v) is 16.2. The van der Waals surface area contributed by atoms with Crippen LogP contribution in [0.4, 0.5) is 10.5 Å². The highest BCUT2D eigenvalue weighted by molar-refractivity contribution is 6.31. The maximum atomic E-state index is 13.2. The predicted octanol–water partition coefficient (Wildman–Crippen LogP) is 3.37. The van der Waals surface area contributed by atoms with Crippen molar-refractivity contribution >= 4 is 35.1 Å². The number of benzene rings is 2. The van der Waals surface area contributed by atoms with Crippen LogP contribution in [0.5, 0.6) is 0 Å². The molecule has 0 bridgehead atoms. The number of anilines is 1. The van der Waals surface area contributed by atoms with E-state index >= 15 is 0 Å². The van der Waals surface area contributed by atoms with E-state index < -0.39 is 17.5 Å². The predicted molar refractivity (Wildman–Crippen MR) is 106 cm³/mol. The summed E-state index contributed by atoms with van der Waals surface area (Å²) in [5.74, 6) is -0.822. The number of rotatable bonds is 3. The van der Waals surface area contributed by atoms with E-state index in [-0.39, 0.29) is 12.5 Å². The van der Waals surface area contributed by atoms with Gasteiger partial charge >= 0.3 is 6.03 Å². The molecule has 2 aromatic rings. The number of halogens is 1. The van der Waals surface area contributed by atoms with Crippen molar-refractivity contribution in [2.24, 2.45) is 0 Å². The Labute approximate surface area is 167 Å². The van der Waals surface area contributed by atoms with Gasteiger partial charge in [0.2, 0.25) is 5.91 Å². The third kappa shape index (κ3) is 3.03. The van der Waals surface area contributed by atoms with Crippen molar-refractivity contribution in [1.29, 1.82) is 0 Å². The molecule has 7 heteroatoms. The summed E-state index contributed by atoms with van der Waals surface area (Å²) < 4.78 is 0. The van der Waals surface area contributed by atoms with E-state index in [4.69, 9.17) is 11.6 Å². The lowest BCUT2D eigenvalue weighted by Gasteiger charge is -2.33. The molecular formula is C21H20ClN3O3. The van der Waals surface area contributed by atoms with Gasteiger partial charge in [-0.05, 0) is 55.0 Å². The molecule has 2 aromatic carbocycles. The topological polar surface area (TPSA) is 78.5 Å². The van der Waals surface area contributed by atoms with Crippen LogP contribution in [0.3, 0.4) is 0 Å². The molecular weight excluding hydrogens is 378 g/mol. The number of nitrogens with one attached hydrogen (secondary N) is 2. The number of fused-ring (bicyclic) bond motifs is 2. The quantitative estimate of drug-likeness (QED) is 0.779. The van der Waals surface area contributed by atoms with Gasteiger partial charge in [0.25, 0.3) is 5.91 Å². The lowest BCUT2D eigenvalue weighted by molar-refractivity contribution is -0.134. The summed E-state index contributed by atoms with van der Waals surface area (Å²) in [5, 5.41) is 6.08. The van der Waals surface area contributed by atoms with Crippen molar-refractivity contribution in [2.45, 2.75) is 31.7 Å². The molecule has 1 aliphatic heterocycles. The molecule has 1 saturated heterocycles. The first-order valence-electron chi connectivity index (χ1n) is 9.19. The second-order valence-electron chi connectivity index (χ2n) is 7.24. The first-order chi connectivity index (χ1) is 13.4. The Morgan fingerprint density at radius 3 is 2.86 bits per heavy atom. The molecule has 2 aliphatic rings. The Balaban J connectivity index is 1.56. The van der Waals surface area contributed by atoms with Gasteiger partial charge in [-0.1, -0.05) is 41.9 Å². The van der Waals surface area contributed by atoms with E-state index in [1.54, 1.807) is 18.2 Å². The van der Waals surface area contributed by atoms with Crippen LogP contribution in [0, 0.1) is 6.92 Å². The highest BCUT2D eigenvalue weighted by Gasteiger charge is 2.54. The van der Waals surface area contributed by atoms with Crippen LogP contribution in [0.25, 0.3) is 0 Å². The van der Waals surface area contributed by atoms with Crippen molar-refractivity contribution in [3.05, 3.63) is 64.2 Å². The second kappa shape index (κ2) is 6.95. The van der Waals surface area contributed by atoms with Gasteiger partial charge in [-0.2, -0.15) is 0 Å². The number of imide groups is 1. The van der Waals surface area contributed by atoms with Gasteiger partial charge in [0.1, 0.15) is 12.1 Å². The van der Waals surface area contributed by atoms with Crippen LogP contribution in [0.15, 0.2) is 42.5 Å². The minimum Gasteiger partial charge on any atom is -0.324 e. The minimum atomic E-state index is -1.07. The first-order valence-corrected chi connectivity index (χ1v) is 9.57. The third-order valence-electron chi connectivity index (χ3n) is 5.43. The van der Waals surface area contributed by atoms with Crippen molar-refractivity contribution in [1.82, 2.24) is 10.2 Å². The normalized spacial score (nSPS) is 20.9. The van der Waals surface area contributed by atoms with E-state index in [0.29, 0.717) is 17.1 Å². The zero-order valence-electron chi connectivity index (χ0n) is 15.4. The van der Waals surface area contributed by atoms with E-state index in [1.807, 2.05) is 31.2 Å². The maximum Gasteiger partial charge on any atom is 0.325 e. The summed E-state index contributed by atoms with van der Waals surface area (Å²) in [6.07, 6.45) is 2.19. The van der Waals surface area contributed by atoms with E-state index in [1.165, 1.54) is 0 Å². The highest BCUT2D eigenvalue weighted by Crippen LogP contribution is 2.39. The molecule has 0 aromatic heterocycles. The molecule has 6 nitrogen and oxygen atoms in total. The molecule has 1 aliphatic carbocycles. The average Bonchev–Trinajstić information content (AvgIpc) is 2.90. The molecule has 1 fully saturated rings. The van der Waals surface area contributed by atoms with Crippen molar-refractivity contribution in [3.8, 4) is 0 Å². The lowest BCUT2D eigenvalue weighted by atomic mass is 9.76. The molecule has 4 rings (SSSR count). The number of nitrogens with zero attached hydrogens (tertiary/aromatic N) is 1. The van der Waals surface area contributed by atoms with Crippen LogP contribution < -0.4 is 10.6 Å². The minimum absolute atomic E-state index is 0.347. The van der Waals surface area contributed by atoms with E-state index in [2.05, 4.69) is 10.6 Å². The van der Waals surface area contributed by atoms with Crippen molar-refractivity contribution in [2.75, 3.05) is 11.9 Å². The SMILES string of the molecule is Cc1ccc(Cl)cc1NC(=O)CN1C(=O)NC2(CCCc3ccccc32)C1=O. The third-order valence-corrected chi connectivity index (χ3v) is 5.66. The molecule has 1 atom stereocenters. The number of carbonyl (C=O) groups excluding carboxylic acids is 3. The summed E-state index contributed by atoms with van der Waals surface area (Å²) in [6, 6.07) is 12.3. The number of hydrogen-bond donors (Lipinski definition) is 2. The van der Waals surface area contributed by atoms with Crippen molar-refractivity contribution < 1.29 is 14.4 Å². The number of urea groups is 1. The van der Waals surface area contributed by atoms with E-state index in [0.717, 1.165) is 34.4 Å². The maximum absolute atomic E-state index is 13.2. The average molecular weight is 398 g/mol. The van der Waals surface area contributed by atoms with Crippen LogP contribution in [-0.2, 0) is 21.5 Å². The summed E-state index contributed by atoms with van der Waals surface area (Å²) in [7, 11) is 0. The number of hydrogen-bond acceptors (Lipinski definition) is 3. The molecule has 1 unspecified atom stereocenters. The fourth-order valence-electron chi connectivity index (χ4n) is 4.02. The Morgan fingerprint density at radius 1 is 1.25 bits per heavy atom. The number of amides is 4. The highest BCUT2D eigenvalue weighted by atomic mass is 35.5. The lowest BCUT2D eigenvalue weighted by Crippen LogP contribution is -2.47. The van der Waals surface area contributed by atoms with Gasteiger partial charge in [0.15, 0.2) is 0 Å². The Morgan fingerprint density at radius 2 is 2.04 bits per heavy atom. The van der Waals surface area contributed by atoms with Crippen LogP contribution >= 0.6 is 11.6 Å². The van der Waals surface area contributed by atoms with Crippen LogP contribution in [-0.4, -0.2) is 29.3 Å². The molecule has 1 heterocycles. The molecule has 1 spiro atoms. The van der Waals surface area contributed by atoms with Crippen LogP contribution in [0.2, 0.25) is 5.02 Å². The van der Waals surface area contributed by atoms with Gasteiger partial charge in [-0.3, -0.25) is 14.5 Å². The van der Waals surface area contributed by atoms with Crippen molar-refractivity contribution in [3.63, 3.8) is 0 Å². The van der Waals surface area contributed by atoms with Gasteiger partial charge in [0, 0.05) is 10.7 Å². The van der Waals surface area contributed by atoms with Gasteiger partial charge in [-0.25, -0.2) is 4.79 Å². The zero-order chi connectivity index (χ0) is 19.9. The van der Waals surface area contributed by atoms with Gasteiger partial charge in [-0.15, -0.1) is 0 Å². The largest absolute Gasteiger partial charge is 0.325 e.